The highest BCUT2D eigenvalue weighted by Gasteiger charge is 2.23. The molecule has 0 atom stereocenters. The number of carbonyl (C=O) groups is 1. The minimum absolute atomic E-state index is 0. The summed E-state index contributed by atoms with van der Waals surface area (Å²) >= 11 is 0. The summed E-state index contributed by atoms with van der Waals surface area (Å²) in [6.45, 7) is 6.85. The highest BCUT2D eigenvalue weighted by molar-refractivity contribution is 14.0. The Bertz CT molecular complexity index is 595. The summed E-state index contributed by atoms with van der Waals surface area (Å²) in [4.78, 5) is 15.5. The van der Waals surface area contributed by atoms with E-state index in [0.717, 1.165) is 29.0 Å². The molecular weight excluding hydrogens is 439 g/mol. The molecule has 2 rings (SSSR count). The average molecular weight is 472 g/mol. The SMILES string of the molecule is CN=C(NCc1cccc(NC(C)=O)c1)NC1CCC(C(C)C)CC1.I. The minimum Gasteiger partial charge on any atom is -0.354 e. The lowest BCUT2D eigenvalue weighted by molar-refractivity contribution is -0.114. The van der Waals surface area contributed by atoms with Crippen LogP contribution >= 0.6 is 24.0 Å². The zero-order valence-corrected chi connectivity index (χ0v) is 18.7. The normalized spacial score (nSPS) is 20.3. The van der Waals surface area contributed by atoms with Gasteiger partial charge in [-0.15, -0.1) is 24.0 Å². The summed E-state index contributed by atoms with van der Waals surface area (Å²) in [5.41, 5.74) is 1.93. The molecule has 0 heterocycles. The van der Waals surface area contributed by atoms with Gasteiger partial charge in [-0.2, -0.15) is 0 Å². The highest BCUT2D eigenvalue weighted by Crippen LogP contribution is 2.29. The molecule has 5 nitrogen and oxygen atoms in total. The van der Waals surface area contributed by atoms with Crippen LogP contribution in [-0.4, -0.2) is 25.0 Å². The summed E-state index contributed by atoms with van der Waals surface area (Å²) in [6, 6.07) is 8.37. The van der Waals surface area contributed by atoms with Gasteiger partial charge in [0.2, 0.25) is 5.91 Å². The fraction of sp³-hybridized carbons (Fsp3) is 0.600. The Morgan fingerprint density at radius 2 is 1.92 bits per heavy atom. The van der Waals surface area contributed by atoms with E-state index in [1.807, 2.05) is 31.3 Å². The number of rotatable bonds is 5. The number of amides is 1. The van der Waals surface area contributed by atoms with Crippen LogP contribution in [0, 0.1) is 11.8 Å². The molecule has 3 N–H and O–H groups in total. The van der Waals surface area contributed by atoms with Gasteiger partial charge in [-0.1, -0.05) is 26.0 Å². The third-order valence-corrected chi connectivity index (χ3v) is 4.99. The first-order valence-corrected chi connectivity index (χ1v) is 9.31. The molecule has 0 aromatic heterocycles. The lowest BCUT2D eigenvalue weighted by Crippen LogP contribution is -2.44. The molecule has 6 heteroatoms. The number of hydrogen-bond acceptors (Lipinski definition) is 2. The van der Waals surface area contributed by atoms with Gasteiger partial charge in [0.1, 0.15) is 0 Å². The van der Waals surface area contributed by atoms with Crippen LogP contribution in [0.15, 0.2) is 29.3 Å². The van der Waals surface area contributed by atoms with E-state index in [2.05, 4.69) is 34.8 Å². The van der Waals surface area contributed by atoms with Crippen molar-refractivity contribution in [1.29, 1.82) is 0 Å². The van der Waals surface area contributed by atoms with Gasteiger partial charge in [0.25, 0.3) is 0 Å². The zero-order chi connectivity index (χ0) is 18.2. The maximum Gasteiger partial charge on any atom is 0.221 e. The predicted molar refractivity (Wildman–Crippen MR) is 120 cm³/mol. The third kappa shape index (κ3) is 7.51. The van der Waals surface area contributed by atoms with Crippen molar-refractivity contribution >= 4 is 41.5 Å². The molecule has 1 aromatic rings. The fourth-order valence-electron chi connectivity index (χ4n) is 3.47. The van der Waals surface area contributed by atoms with Crippen molar-refractivity contribution in [2.24, 2.45) is 16.8 Å². The molecule has 26 heavy (non-hydrogen) atoms. The van der Waals surface area contributed by atoms with Crippen LogP contribution in [0.5, 0.6) is 0 Å². The van der Waals surface area contributed by atoms with Crippen molar-refractivity contribution in [3.8, 4) is 0 Å². The Balaban J connectivity index is 0.00000338. The van der Waals surface area contributed by atoms with Gasteiger partial charge >= 0.3 is 0 Å². The first kappa shape index (κ1) is 22.7. The molecule has 146 valence electrons. The number of halogens is 1. The molecule has 1 saturated carbocycles. The van der Waals surface area contributed by atoms with Crippen LogP contribution in [0.25, 0.3) is 0 Å². The van der Waals surface area contributed by atoms with E-state index >= 15 is 0 Å². The molecule has 0 bridgehead atoms. The number of guanidine groups is 1. The molecule has 0 radical (unpaired) electrons. The van der Waals surface area contributed by atoms with Gasteiger partial charge in [-0.05, 0) is 55.2 Å². The van der Waals surface area contributed by atoms with E-state index in [1.165, 1.54) is 32.6 Å². The zero-order valence-electron chi connectivity index (χ0n) is 16.3. The second kappa shape index (κ2) is 11.4. The minimum atomic E-state index is -0.0559. The maximum atomic E-state index is 11.2. The van der Waals surface area contributed by atoms with E-state index in [-0.39, 0.29) is 29.9 Å². The van der Waals surface area contributed by atoms with Crippen molar-refractivity contribution in [3.63, 3.8) is 0 Å². The standard InChI is InChI=1S/C20H32N4O.HI/c1-14(2)17-8-10-18(11-9-17)24-20(21-4)22-13-16-6-5-7-19(12-16)23-15(3)25;/h5-7,12,14,17-18H,8-11,13H2,1-4H3,(H,23,25)(H2,21,22,24);1H. The van der Waals surface area contributed by atoms with Crippen LogP contribution < -0.4 is 16.0 Å². The largest absolute Gasteiger partial charge is 0.354 e. The Morgan fingerprint density at radius 1 is 1.23 bits per heavy atom. The maximum absolute atomic E-state index is 11.2. The van der Waals surface area contributed by atoms with Crippen molar-refractivity contribution in [1.82, 2.24) is 10.6 Å². The smallest absolute Gasteiger partial charge is 0.221 e. The Kier molecular flexibility index (Phi) is 9.98. The molecule has 0 unspecified atom stereocenters. The Morgan fingerprint density at radius 3 is 2.50 bits per heavy atom. The van der Waals surface area contributed by atoms with Crippen molar-refractivity contribution in [2.75, 3.05) is 12.4 Å². The van der Waals surface area contributed by atoms with Gasteiger partial charge in [0.15, 0.2) is 5.96 Å². The Hall–Kier alpha value is -1.31. The molecule has 0 spiro atoms. The fourth-order valence-corrected chi connectivity index (χ4v) is 3.47. The van der Waals surface area contributed by atoms with E-state index < -0.39 is 0 Å². The summed E-state index contributed by atoms with van der Waals surface area (Å²) < 4.78 is 0. The van der Waals surface area contributed by atoms with E-state index in [0.29, 0.717) is 12.6 Å². The second-order valence-electron chi connectivity index (χ2n) is 7.31. The van der Waals surface area contributed by atoms with Crippen LogP contribution in [0.1, 0.15) is 52.0 Å². The first-order valence-electron chi connectivity index (χ1n) is 9.31. The molecule has 1 aromatic carbocycles. The number of nitrogens with one attached hydrogen (secondary N) is 3. The van der Waals surface area contributed by atoms with Crippen molar-refractivity contribution < 1.29 is 4.79 Å². The van der Waals surface area contributed by atoms with E-state index in [4.69, 9.17) is 0 Å². The quantitative estimate of drug-likeness (QED) is 0.343. The second-order valence-corrected chi connectivity index (χ2v) is 7.31. The van der Waals surface area contributed by atoms with Crippen LogP contribution in [0.3, 0.4) is 0 Å². The van der Waals surface area contributed by atoms with Crippen LogP contribution in [-0.2, 0) is 11.3 Å². The summed E-state index contributed by atoms with van der Waals surface area (Å²) in [6.07, 6.45) is 5.01. The number of anilines is 1. The van der Waals surface area contributed by atoms with Gasteiger partial charge in [-0.3, -0.25) is 9.79 Å². The highest BCUT2D eigenvalue weighted by atomic mass is 127. The summed E-state index contributed by atoms with van der Waals surface area (Å²) in [5, 5.41) is 9.74. The molecule has 1 aliphatic rings. The molecule has 1 aliphatic carbocycles. The van der Waals surface area contributed by atoms with Gasteiger partial charge in [0, 0.05) is 32.2 Å². The average Bonchev–Trinajstić information content (AvgIpc) is 2.58. The topological polar surface area (TPSA) is 65.5 Å². The number of carbonyl (C=O) groups excluding carboxylic acids is 1. The molecule has 0 saturated heterocycles. The number of nitrogens with zero attached hydrogens (tertiary/aromatic N) is 1. The third-order valence-electron chi connectivity index (χ3n) is 4.99. The van der Waals surface area contributed by atoms with Crippen LogP contribution in [0.2, 0.25) is 0 Å². The summed E-state index contributed by atoms with van der Waals surface area (Å²) in [5.74, 6) is 2.44. The van der Waals surface area contributed by atoms with Crippen LogP contribution in [0.4, 0.5) is 5.69 Å². The Labute approximate surface area is 174 Å². The first-order chi connectivity index (χ1) is 12.0. The van der Waals surface area contributed by atoms with E-state index in [9.17, 15) is 4.79 Å². The number of benzene rings is 1. The van der Waals surface area contributed by atoms with Crippen molar-refractivity contribution in [2.45, 2.75) is 59.0 Å². The van der Waals surface area contributed by atoms with E-state index in [1.54, 1.807) is 0 Å². The molecular formula is C20H33IN4O. The monoisotopic (exact) mass is 472 g/mol. The lowest BCUT2D eigenvalue weighted by Gasteiger charge is -2.32. The molecule has 0 aliphatic heterocycles. The number of aliphatic imine (C=N–C) groups is 1. The summed E-state index contributed by atoms with van der Waals surface area (Å²) in [7, 11) is 1.81. The van der Waals surface area contributed by atoms with Gasteiger partial charge < -0.3 is 16.0 Å². The van der Waals surface area contributed by atoms with Gasteiger partial charge in [0.05, 0.1) is 0 Å². The molecule has 1 amide bonds. The predicted octanol–water partition coefficient (Wildman–Crippen LogP) is 4.14. The number of hydrogen-bond donors (Lipinski definition) is 3. The molecule has 1 fully saturated rings. The van der Waals surface area contributed by atoms with Crippen molar-refractivity contribution in [3.05, 3.63) is 29.8 Å². The van der Waals surface area contributed by atoms with Gasteiger partial charge in [-0.25, -0.2) is 0 Å². The lowest BCUT2D eigenvalue weighted by atomic mass is 9.80.